The Morgan fingerprint density at radius 3 is 1.90 bits per heavy atom. The third-order valence-electron chi connectivity index (χ3n) is 4.34. The van der Waals surface area contributed by atoms with E-state index >= 15 is 0 Å². The minimum absolute atomic E-state index is 0.120. The van der Waals surface area contributed by atoms with Crippen molar-refractivity contribution in [2.45, 2.75) is 40.7 Å². The first kappa shape index (κ1) is 22.9. The van der Waals surface area contributed by atoms with E-state index in [1.807, 2.05) is 52.8 Å². The summed E-state index contributed by atoms with van der Waals surface area (Å²) in [7, 11) is 0. The van der Waals surface area contributed by atoms with Crippen LogP contribution in [0.1, 0.15) is 34.6 Å². The van der Waals surface area contributed by atoms with Gasteiger partial charge < -0.3 is 21.3 Å². The number of rotatable bonds is 6. The largest absolute Gasteiger partial charge is 0.326 e. The van der Waals surface area contributed by atoms with Crippen molar-refractivity contribution < 1.29 is 14.4 Å². The SMILES string of the molecule is CC(C)C(NC(=O)Nc1ccccc1)C(=O)Nc1cccc(NC(=O)C(C)(C)C)c1. The van der Waals surface area contributed by atoms with Gasteiger partial charge in [0.1, 0.15) is 6.04 Å². The zero-order valence-corrected chi connectivity index (χ0v) is 18.1. The van der Waals surface area contributed by atoms with Gasteiger partial charge in [0.15, 0.2) is 0 Å². The van der Waals surface area contributed by atoms with Crippen molar-refractivity contribution in [2.75, 3.05) is 16.0 Å². The number of benzene rings is 2. The molecular weight excluding hydrogens is 380 g/mol. The number of carbonyl (C=O) groups is 3. The first-order valence-electron chi connectivity index (χ1n) is 9.91. The Labute approximate surface area is 177 Å². The fourth-order valence-corrected chi connectivity index (χ4v) is 2.58. The monoisotopic (exact) mass is 410 g/mol. The van der Waals surface area contributed by atoms with E-state index in [4.69, 9.17) is 0 Å². The number of hydrogen-bond acceptors (Lipinski definition) is 3. The van der Waals surface area contributed by atoms with E-state index in [2.05, 4.69) is 21.3 Å². The molecule has 160 valence electrons. The highest BCUT2D eigenvalue weighted by Gasteiger charge is 2.25. The van der Waals surface area contributed by atoms with Gasteiger partial charge in [0.05, 0.1) is 0 Å². The molecule has 0 aliphatic carbocycles. The molecule has 0 saturated carbocycles. The van der Waals surface area contributed by atoms with Crippen molar-refractivity contribution in [3.05, 3.63) is 54.6 Å². The van der Waals surface area contributed by atoms with Crippen molar-refractivity contribution in [1.82, 2.24) is 5.32 Å². The summed E-state index contributed by atoms with van der Waals surface area (Å²) in [6, 6.07) is 14.7. The van der Waals surface area contributed by atoms with Gasteiger partial charge in [-0.05, 0) is 36.2 Å². The van der Waals surface area contributed by atoms with Crippen molar-refractivity contribution in [1.29, 1.82) is 0 Å². The van der Waals surface area contributed by atoms with Gasteiger partial charge in [-0.25, -0.2) is 4.79 Å². The molecule has 0 fully saturated rings. The van der Waals surface area contributed by atoms with Gasteiger partial charge in [0.25, 0.3) is 0 Å². The predicted molar refractivity (Wildman–Crippen MR) is 120 cm³/mol. The smallest absolute Gasteiger partial charge is 0.319 e. The summed E-state index contributed by atoms with van der Waals surface area (Å²) in [4.78, 5) is 37.3. The van der Waals surface area contributed by atoms with Crippen LogP contribution in [0.15, 0.2) is 54.6 Å². The van der Waals surface area contributed by atoms with Crippen LogP contribution in [0, 0.1) is 11.3 Å². The van der Waals surface area contributed by atoms with Gasteiger partial charge in [-0.1, -0.05) is 58.9 Å². The maximum absolute atomic E-state index is 12.8. The molecule has 0 saturated heterocycles. The molecular formula is C23H30N4O3. The van der Waals surface area contributed by atoms with Crippen LogP contribution >= 0.6 is 0 Å². The second kappa shape index (κ2) is 9.91. The summed E-state index contributed by atoms with van der Waals surface area (Å²) in [6.07, 6.45) is 0. The Bertz CT molecular complexity index is 889. The third-order valence-corrected chi connectivity index (χ3v) is 4.34. The van der Waals surface area contributed by atoms with Crippen LogP contribution in [-0.2, 0) is 9.59 Å². The van der Waals surface area contributed by atoms with E-state index in [9.17, 15) is 14.4 Å². The second-order valence-electron chi connectivity index (χ2n) is 8.46. The first-order chi connectivity index (χ1) is 14.1. The molecule has 2 aromatic carbocycles. The molecule has 0 heterocycles. The maximum Gasteiger partial charge on any atom is 0.319 e. The Morgan fingerprint density at radius 1 is 0.767 bits per heavy atom. The van der Waals surface area contributed by atoms with E-state index in [0.29, 0.717) is 17.1 Å². The van der Waals surface area contributed by atoms with Crippen LogP contribution in [0.2, 0.25) is 0 Å². The number of urea groups is 1. The van der Waals surface area contributed by atoms with E-state index in [-0.39, 0.29) is 17.7 Å². The normalized spacial score (nSPS) is 12.1. The minimum Gasteiger partial charge on any atom is -0.326 e. The average molecular weight is 411 g/mol. The zero-order chi connectivity index (χ0) is 22.3. The van der Waals surface area contributed by atoms with Crippen LogP contribution in [0.4, 0.5) is 21.9 Å². The van der Waals surface area contributed by atoms with E-state index in [1.165, 1.54) is 0 Å². The number of amides is 4. The molecule has 2 rings (SSSR count). The highest BCUT2D eigenvalue weighted by atomic mass is 16.2. The van der Waals surface area contributed by atoms with Crippen LogP contribution in [0.3, 0.4) is 0 Å². The Morgan fingerprint density at radius 2 is 1.33 bits per heavy atom. The highest BCUT2D eigenvalue weighted by molar-refractivity contribution is 6.00. The zero-order valence-electron chi connectivity index (χ0n) is 18.1. The van der Waals surface area contributed by atoms with E-state index < -0.39 is 17.5 Å². The van der Waals surface area contributed by atoms with Crippen LogP contribution in [-0.4, -0.2) is 23.9 Å². The van der Waals surface area contributed by atoms with Crippen molar-refractivity contribution in [2.24, 2.45) is 11.3 Å². The number of hydrogen-bond donors (Lipinski definition) is 4. The third kappa shape index (κ3) is 6.92. The molecule has 30 heavy (non-hydrogen) atoms. The number of carbonyl (C=O) groups excluding carboxylic acids is 3. The van der Waals surface area contributed by atoms with Crippen molar-refractivity contribution >= 4 is 34.9 Å². The van der Waals surface area contributed by atoms with E-state index in [0.717, 1.165) is 0 Å². The highest BCUT2D eigenvalue weighted by Crippen LogP contribution is 2.20. The lowest BCUT2D eigenvalue weighted by molar-refractivity contribution is -0.123. The molecule has 0 spiro atoms. The summed E-state index contributed by atoms with van der Waals surface area (Å²) < 4.78 is 0. The van der Waals surface area contributed by atoms with Gasteiger partial charge in [-0.3, -0.25) is 9.59 Å². The summed E-state index contributed by atoms with van der Waals surface area (Å²) >= 11 is 0. The van der Waals surface area contributed by atoms with Crippen LogP contribution < -0.4 is 21.3 Å². The van der Waals surface area contributed by atoms with Gasteiger partial charge in [0, 0.05) is 22.5 Å². The lowest BCUT2D eigenvalue weighted by Gasteiger charge is -2.22. The molecule has 7 heteroatoms. The van der Waals surface area contributed by atoms with Crippen LogP contribution in [0.25, 0.3) is 0 Å². The lowest BCUT2D eigenvalue weighted by Crippen LogP contribution is -2.48. The molecule has 7 nitrogen and oxygen atoms in total. The van der Waals surface area contributed by atoms with Gasteiger partial charge in [0.2, 0.25) is 11.8 Å². The molecule has 0 bridgehead atoms. The minimum atomic E-state index is -0.735. The average Bonchev–Trinajstić information content (AvgIpc) is 2.66. The standard InChI is InChI=1S/C23H30N4O3/c1-15(2)19(27-22(30)26-16-10-7-6-8-11-16)20(28)24-17-12-9-13-18(14-17)25-21(29)23(3,4)5/h6-15,19H,1-5H3,(H,24,28)(H,25,29)(H2,26,27,30). The van der Waals surface area contributed by atoms with Crippen LogP contribution in [0.5, 0.6) is 0 Å². The topological polar surface area (TPSA) is 99.3 Å². The summed E-state index contributed by atoms with van der Waals surface area (Å²) in [5.41, 5.74) is 1.23. The molecule has 1 atom stereocenters. The molecule has 4 amide bonds. The number of nitrogens with one attached hydrogen (secondary N) is 4. The van der Waals surface area contributed by atoms with Gasteiger partial charge in [-0.15, -0.1) is 0 Å². The fourth-order valence-electron chi connectivity index (χ4n) is 2.58. The Kier molecular flexibility index (Phi) is 7.58. The van der Waals surface area contributed by atoms with Crippen molar-refractivity contribution in [3.8, 4) is 0 Å². The first-order valence-corrected chi connectivity index (χ1v) is 9.91. The molecule has 0 aromatic heterocycles. The quantitative estimate of drug-likeness (QED) is 0.566. The molecule has 4 N–H and O–H groups in total. The second-order valence-corrected chi connectivity index (χ2v) is 8.46. The molecule has 0 aliphatic rings. The lowest BCUT2D eigenvalue weighted by atomic mass is 9.95. The maximum atomic E-state index is 12.8. The summed E-state index contributed by atoms with van der Waals surface area (Å²) in [6.45, 7) is 9.19. The predicted octanol–water partition coefficient (Wildman–Crippen LogP) is 4.46. The molecule has 1 unspecified atom stereocenters. The number of para-hydroxylation sites is 1. The van der Waals surface area contributed by atoms with Crippen molar-refractivity contribution in [3.63, 3.8) is 0 Å². The van der Waals surface area contributed by atoms with Gasteiger partial charge >= 0.3 is 6.03 Å². The summed E-state index contributed by atoms with van der Waals surface area (Å²) in [5.74, 6) is -0.590. The van der Waals surface area contributed by atoms with E-state index in [1.54, 1.807) is 36.4 Å². The molecule has 2 aromatic rings. The summed E-state index contributed by atoms with van der Waals surface area (Å²) in [5, 5.41) is 11.1. The van der Waals surface area contributed by atoms with Gasteiger partial charge in [-0.2, -0.15) is 0 Å². The fraction of sp³-hybridized carbons (Fsp3) is 0.348. The Balaban J connectivity index is 2.03. The Hall–Kier alpha value is -3.35. The number of anilines is 3. The molecule has 0 radical (unpaired) electrons. The molecule has 0 aliphatic heterocycles.